The average molecular weight is 288 g/mol. The zero-order valence-electron chi connectivity index (χ0n) is 12.1. The average Bonchev–Trinajstić information content (AvgIpc) is 3.20. The molecule has 0 aliphatic heterocycles. The van der Waals surface area contributed by atoms with Gasteiger partial charge in [0, 0.05) is 31.0 Å². The summed E-state index contributed by atoms with van der Waals surface area (Å²) in [5, 5.41) is 5.26. The van der Waals surface area contributed by atoms with Gasteiger partial charge in [-0.15, -0.1) is 11.3 Å². The van der Waals surface area contributed by atoms with Gasteiger partial charge in [-0.3, -0.25) is 0 Å². The van der Waals surface area contributed by atoms with E-state index in [1.807, 2.05) is 13.1 Å². The Labute approximate surface area is 123 Å². The monoisotopic (exact) mass is 288 g/mol. The maximum Gasteiger partial charge on any atom is 0.136 e. The maximum absolute atomic E-state index is 4.75. The van der Waals surface area contributed by atoms with Gasteiger partial charge in [0.2, 0.25) is 0 Å². The number of hydrogen-bond donors (Lipinski definition) is 1. The van der Waals surface area contributed by atoms with Gasteiger partial charge in [-0.2, -0.15) is 0 Å². The molecule has 0 spiro atoms. The highest BCUT2D eigenvalue weighted by molar-refractivity contribution is 7.10. The Morgan fingerprint density at radius 2 is 2.20 bits per heavy atom. The van der Waals surface area contributed by atoms with Crippen LogP contribution in [0.25, 0.3) is 0 Å². The minimum absolute atomic E-state index is 0.321. The SMILES string of the molecule is CNc1cc(N(C)C(C)c2cccs2)nc(C2CC2)n1. The van der Waals surface area contributed by atoms with Crippen LogP contribution in [-0.2, 0) is 0 Å². The van der Waals surface area contributed by atoms with E-state index in [0.29, 0.717) is 12.0 Å². The lowest BCUT2D eigenvalue weighted by Gasteiger charge is -2.25. The van der Waals surface area contributed by atoms with E-state index in [4.69, 9.17) is 4.98 Å². The molecule has 1 fully saturated rings. The molecule has 0 saturated heterocycles. The molecular weight excluding hydrogens is 268 g/mol. The van der Waals surface area contributed by atoms with Crippen molar-refractivity contribution in [3.63, 3.8) is 0 Å². The van der Waals surface area contributed by atoms with Crippen LogP contribution in [0.1, 0.15) is 42.4 Å². The number of nitrogens with one attached hydrogen (secondary N) is 1. The number of anilines is 2. The van der Waals surface area contributed by atoms with E-state index >= 15 is 0 Å². The molecule has 2 aromatic heterocycles. The molecule has 1 saturated carbocycles. The number of aromatic nitrogens is 2. The third-order valence-electron chi connectivity index (χ3n) is 3.83. The van der Waals surface area contributed by atoms with Gasteiger partial charge in [-0.05, 0) is 31.2 Å². The molecule has 1 atom stereocenters. The van der Waals surface area contributed by atoms with Crippen LogP contribution < -0.4 is 10.2 Å². The predicted octanol–water partition coefficient (Wildman–Crippen LogP) is 3.65. The highest BCUT2D eigenvalue weighted by atomic mass is 32.1. The molecule has 3 rings (SSSR count). The van der Waals surface area contributed by atoms with Gasteiger partial charge in [-0.1, -0.05) is 6.07 Å². The quantitative estimate of drug-likeness (QED) is 0.911. The first-order valence-electron chi connectivity index (χ1n) is 7.02. The van der Waals surface area contributed by atoms with Crippen molar-refractivity contribution in [2.75, 3.05) is 24.3 Å². The topological polar surface area (TPSA) is 41.0 Å². The highest BCUT2D eigenvalue weighted by Gasteiger charge is 2.28. The van der Waals surface area contributed by atoms with Gasteiger partial charge < -0.3 is 10.2 Å². The van der Waals surface area contributed by atoms with E-state index in [1.54, 1.807) is 11.3 Å². The van der Waals surface area contributed by atoms with Crippen LogP contribution in [-0.4, -0.2) is 24.1 Å². The molecule has 1 unspecified atom stereocenters. The highest BCUT2D eigenvalue weighted by Crippen LogP contribution is 2.39. The van der Waals surface area contributed by atoms with Crippen molar-refractivity contribution in [3.05, 3.63) is 34.3 Å². The zero-order chi connectivity index (χ0) is 14.1. The van der Waals surface area contributed by atoms with Gasteiger partial charge in [-0.25, -0.2) is 9.97 Å². The van der Waals surface area contributed by atoms with Crippen LogP contribution in [0, 0.1) is 0 Å². The molecule has 0 amide bonds. The molecular formula is C15H20N4S. The summed E-state index contributed by atoms with van der Waals surface area (Å²) >= 11 is 1.79. The van der Waals surface area contributed by atoms with E-state index in [0.717, 1.165) is 17.5 Å². The minimum Gasteiger partial charge on any atom is -0.373 e. The second-order valence-electron chi connectivity index (χ2n) is 5.30. The standard InChI is InChI=1S/C15H20N4S/c1-10(12-5-4-8-20-12)19(3)14-9-13(16-2)17-15(18-14)11-6-7-11/h4-5,8-11H,6-7H2,1-3H3,(H,16,17,18). The summed E-state index contributed by atoms with van der Waals surface area (Å²) in [6, 6.07) is 6.62. The lowest BCUT2D eigenvalue weighted by molar-refractivity contribution is 0.734. The minimum atomic E-state index is 0.321. The van der Waals surface area contributed by atoms with Gasteiger partial charge in [0.1, 0.15) is 17.5 Å². The molecule has 1 N–H and O–H groups in total. The fourth-order valence-corrected chi connectivity index (χ4v) is 3.03. The smallest absolute Gasteiger partial charge is 0.136 e. The van der Waals surface area contributed by atoms with Crippen molar-refractivity contribution in [3.8, 4) is 0 Å². The van der Waals surface area contributed by atoms with Gasteiger partial charge in [0.25, 0.3) is 0 Å². The third-order valence-corrected chi connectivity index (χ3v) is 4.87. The Balaban J connectivity index is 1.90. The molecule has 0 radical (unpaired) electrons. The van der Waals surface area contributed by atoms with E-state index in [2.05, 4.69) is 46.7 Å². The summed E-state index contributed by atoms with van der Waals surface area (Å²) in [4.78, 5) is 12.9. The molecule has 0 aromatic carbocycles. The second kappa shape index (κ2) is 5.40. The summed E-state index contributed by atoms with van der Waals surface area (Å²) in [6.07, 6.45) is 2.44. The first-order valence-corrected chi connectivity index (χ1v) is 7.90. The summed E-state index contributed by atoms with van der Waals surface area (Å²) in [5.74, 6) is 3.44. The third kappa shape index (κ3) is 2.63. The Morgan fingerprint density at radius 3 is 2.80 bits per heavy atom. The van der Waals surface area contributed by atoms with Crippen molar-refractivity contribution in [1.82, 2.24) is 9.97 Å². The molecule has 2 heterocycles. The maximum atomic E-state index is 4.75. The van der Waals surface area contributed by atoms with Crippen LogP contribution in [0.5, 0.6) is 0 Å². The van der Waals surface area contributed by atoms with Crippen LogP contribution in [0.2, 0.25) is 0 Å². The van der Waals surface area contributed by atoms with Crippen molar-refractivity contribution < 1.29 is 0 Å². The summed E-state index contributed by atoms with van der Waals surface area (Å²) in [7, 11) is 4.01. The lowest BCUT2D eigenvalue weighted by Crippen LogP contribution is -2.22. The van der Waals surface area contributed by atoms with Crippen molar-refractivity contribution >= 4 is 23.0 Å². The number of thiophene rings is 1. The fraction of sp³-hybridized carbons (Fsp3) is 0.467. The van der Waals surface area contributed by atoms with Gasteiger partial charge >= 0.3 is 0 Å². The Kier molecular flexibility index (Phi) is 3.61. The summed E-state index contributed by atoms with van der Waals surface area (Å²) < 4.78 is 0. The van der Waals surface area contributed by atoms with Crippen LogP contribution >= 0.6 is 11.3 Å². The Morgan fingerprint density at radius 1 is 1.40 bits per heavy atom. The van der Waals surface area contributed by atoms with E-state index in [9.17, 15) is 0 Å². The van der Waals surface area contributed by atoms with E-state index in [1.165, 1.54) is 17.7 Å². The lowest BCUT2D eigenvalue weighted by atomic mass is 10.2. The molecule has 106 valence electrons. The summed E-state index contributed by atoms with van der Waals surface area (Å²) in [6.45, 7) is 2.21. The first-order chi connectivity index (χ1) is 9.69. The molecule has 4 nitrogen and oxygen atoms in total. The Hall–Kier alpha value is -1.62. The molecule has 1 aliphatic carbocycles. The molecule has 0 bridgehead atoms. The predicted molar refractivity (Wildman–Crippen MR) is 84.7 cm³/mol. The van der Waals surface area contributed by atoms with Crippen molar-refractivity contribution in [2.24, 2.45) is 0 Å². The number of hydrogen-bond acceptors (Lipinski definition) is 5. The first kappa shape index (κ1) is 13.4. The van der Waals surface area contributed by atoms with Crippen molar-refractivity contribution in [1.29, 1.82) is 0 Å². The van der Waals surface area contributed by atoms with Gasteiger partial charge in [0.15, 0.2) is 0 Å². The van der Waals surface area contributed by atoms with Crippen LogP contribution in [0.3, 0.4) is 0 Å². The van der Waals surface area contributed by atoms with Gasteiger partial charge in [0.05, 0.1) is 6.04 Å². The Bertz CT molecular complexity index is 578. The van der Waals surface area contributed by atoms with E-state index in [-0.39, 0.29) is 0 Å². The van der Waals surface area contributed by atoms with Crippen LogP contribution in [0.4, 0.5) is 11.6 Å². The molecule has 20 heavy (non-hydrogen) atoms. The van der Waals surface area contributed by atoms with Crippen LogP contribution in [0.15, 0.2) is 23.6 Å². The number of nitrogens with zero attached hydrogens (tertiary/aromatic N) is 3. The largest absolute Gasteiger partial charge is 0.373 e. The molecule has 1 aliphatic rings. The second-order valence-corrected chi connectivity index (χ2v) is 6.28. The van der Waals surface area contributed by atoms with E-state index < -0.39 is 0 Å². The number of rotatable bonds is 5. The van der Waals surface area contributed by atoms with Crippen molar-refractivity contribution in [2.45, 2.75) is 31.7 Å². The summed E-state index contributed by atoms with van der Waals surface area (Å²) in [5.41, 5.74) is 0. The fourth-order valence-electron chi connectivity index (χ4n) is 2.20. The molecule has 2 aromatic rings. The zero-order valence-corrected chi connectivity index (χ0v) is 12.9. The normalized spacial score (nSPS) is 15.9. The molecule has 5 heteroatoms.